The van der Waals surface area contributed by atoms with E-state index in [2.05, 4.69) is 12.5 Å². The van der Waals surface area contributed by atoms with E-state index in [9.17, 15) is 14.7 Å². The molecule has 2 bridgehead atoms. The Morgan fingerprint density at radius 2 is 2.14 bits per heavy atom. The maximum absolute atomic E-state index is 12.9. The molecule has 148 valence electrons. The molecule has 1 aromatic rings. The van der Waals surface area contributed by atoms with E-state index >= 15 is 0 Å². The van der Waals surface area contributed by atoms with Crippen LogP contribution in [0.4, 0.5) is 0 Å². The molecule has 0 aromatic heterocycles. The van der Waals surface area contributed by atoms with Crippen molar-refractivity contribution in [3.8, 4) is 5.75 Å². The molecule has 0 radical (unpaired) electrons. The second-order valence-corrected chi connectivity index (χ2v) is 9.57. The molecule has 1 spiro atoms. The second-order valence-electron chi connectivity index (χ2n) is 9.57. The highest BCUT2D eigenvalue weighted by molar-refractivity contribution is 5.98. The van der Waals surface area contributed by atoms with E-state index in [1.54, 1.807) is 6.07 Å². The molecular weight excluding hydrogens is 358 g/mol. The smallest absolute Gasteiger partial charge is 0.252 e. The van der Waals surface area contributed by atoms with Crippen molar-refractivity contribution in [2.45, 2.75) is 67.7 Å². The van der Waals surface area contributed by atoms with E-state index in [0.717, 1.165) is 17.7 Å². The van der Waals surface area contributed by atoms with Gasteiger partial charge in [0.2, 0.25) is 0 Å². The molecule has 6 rings (SSSR count). The maximum atomic E-state index is 12.9. The van der Waals surface area contributed by atoms with Gasteiger partial charge in [-0.15, -0.1) is 0 Å². The van der Waals surface area contributed by atoms with Crippen LogP contribution >= 0.6 is 0 Å². The fourth-order valence-corrected chi connectivity index (χ4v) is 6.74. The lowest BCUT2D eigenvalue weighted by Crippen LogP contribution is -2.83. The highest BCUT2D eigenvalue weighted by Crippen LogP contribution is 2.64. The lowest BCUT2D eigenvalue weighted by molar-refractivity contribution is -0.989. The summed E-state index contributed by atoms with van der Waals surface area (Å²) in [4.78, 5) is 24.9. The van der Waals surface area contributed by atoms with Crippen molar-refractivity contribution in [3.05, 3.63) is 28.8 Å². The molecule has 3 aliphatic carbocycles. The van der Waals surface area contributed by atoms with Crippen molar-refractivity contribution >= 4 is 11.7 Å². The van der Waals surface area contributed by atoms with Crippen LogP contribution in [-0.4, -0.2) is 58.8 Å². The Labute approximate surface area is 163 Å². The molecule has 1 saturated heterocycles. The predicted octanol–water partition coefficient (Wildman–Crippen LogP) is 0.320. The Kier molecular flexibility index (Phi) is 3.00. The van der Waals surface area contributed by atoms with Gasteiger partial charge < -0.3 is 15.6 Å². The summed E-state index contributed by atoms with van der Waals surface area (Å²) in [5.41, 5.74) is 9.80. The summed E-state index contributed by atoms with van der Waals surface area (Å²) in [6, 6.07) is 4.12. The van der Waals surface area contributed by atoms with Gasteiger partial charge in [0.25, 0.3) is 5.91 Å². The van der Waals surface area contributed by atoms with Crippen molar-refractivity contribution in [1.29, 1.82) is 0 Å². The summed E-state index contributed by atoms with van der Waals surface area (Å²) in [5.74, 6) is -0.0969. The summed E-state index contributed by atoms with van der Waals surface area (Å²) in [6.07, 6.45) is 3.72. The standard InChI is InChI=1S/C21H25N3O4/c1-24(23-12-3-4-12)9-8-20-16-11-2-5-13(19(22)26)17(16)28-18(20)14(25)6-7-21(20,27)15(24)10-11/h2,5,12,15,18,23,27H,3-4,6-10H2,1H3,(H-,22,26)/p+1/t15-,18+,20+,21-,24?/m1/s1. The Balaban J connectivity index is 1.60. The molecule has 1 aromatic carbocycles. The van der Waals surface area contributed by atoms with Crippen LogP contribution < -0.4 is 15.9 Å². The van der Waals surface area contributed by atoms with E-state index < -0.39 is 23.0 Å². The van der Waals surface area contributed by atoms with Crippen LogP contribution in [0.1, 0.15) is 53.6 Å². The zero-order valence-electron chi connectivity index (χ0n) is 16.0. The van der Waals surface area contributed by atoms with Gasteiger partial charge in [0.15, 0.2) is 11.9 Å². The first-order valence-corrected chi connectivity index (χ1v) is 10.3. The first-order chi connectivity index (χ1) is 13.3. The number of nitrogens with one attached hydrogen (secondary N) is 1. The number of likely N-dealkylation sites (tertiary alicyclic amines) is 1. The number of quaternary nitrogens is 1. The van der Waals surface area contributed by atoms with Gasteiger partial charge in [0, 0.05) is 24.8 Å². The number of Topliss-reactive ketones (excluding diaryl/α,β-unsaturated/α-hetero) is 1. The summed E-state index contributed by atoms with van der Waals surface area (Å²) in [6.45, 7) is 0.816. The average Bonchev–Trinajstić information content (AvgIpc) is 3.37. The van der Waals surface area contributed by atoms with E-state index in [1.165, 1.54) is 12.8 Å². The Hall–Kier alpha value is -1.96. The number of likely N-dealkylation sites (N-methyl/N-ethyl adjacent to an activating group) is 1. The molecule has 2 aliphatic heterocycles. The minimum absolute atomic E-state index is 0.0224. The van der Waals surface area contributed by atoms with Crippen LogP contribution in [-0.2, 0) is 16.6 Å². The van der Waals surface area contributed by atoms with Crippen LogP contribution in [0.3, 0.4) is 0 Å². The third kappa shape index (κ3) is 1.76. The molecule has 4 N–H and O–H groups in total. The molecule has 5 atom stereocenters. The topological polar surface area (TPSA) is 102 Å². The number of rotatable bonds is 3. The zero-order chi connectivity index (χ0) is 19.5. The lowest BCUT2D eigenvalue weighted by atomic mass is 9.48. The first-order valence-electron chi connectivity index (χ1n) is 10.3. The number of hydrogen-bond acceptors (Lipinski definition) is 5. The van der Waals surface area contributed by atoms with Crippen LogP contribution in [0.5, 0.6) is 5.75 Å². The number of hydrogen-bond donors (Lipinski definition) is 3. The van der Waals surface area contributed by atoms with Gasteiger partial charge in [-0.25, -0.2) is 4.59 Å². The highest BCUT2D eigenvalue weighted by Gasteiger charge is 2.76. The number of piperidine rings is 1. The number of nitrogens with two attached hydrogens (primary N) is 1. The average molecular weight is 384 g/mol. The number of primary amides is 1. The van der Waals surface area contributed by atoms with Gasteiger partial charge in [-0.3, -0.25) is 9.59 Å². The van der Waals surface area contributed by atoms with Crippen LogP contribution in [0.2, 0.25) is 0 Å². The maximum Gasteiger partial charge on any atom is 0.252 e. The number of ether oxygens (including phenoxy) is 1. The molecule has 2 saturated carbocycles. The van der Waals surface area contributed by atoms with Gasteiger partial charge >= 0.3 is 0 Å². The summed E-state index contributed by atoms with van der Waals surface area (Å²) >= 11 is 0. The Morgan fingerprint density at radius 3 is 2.86 bits per heavy atom. The number of amides is 1. The second kappa shape index (κ2) is 4.96. The van der Waals surface area contributed by atoms with Crippen molar-refractivity contribution in [2.75, 3.05) is 13.6 Å². The third-order valence-electron chi connectivity index (χ3n) is 8.13. The van der Waals surface area contributed by atoms with Crippen molar-refractivity contribution < 1.29 is 24.0 Å². The van der Waals surface area contributed by atoms with Crippen molar-refractivity contribution in [1.82, 2.24) is 5.43 Å². The summed E-state index contributed by atoms with van der Waals surface area (Å²) in [7, 11) is 2.18. The number of benzene rings is 1. The van der Waals surface area contributed by atoms with Gasteiger partial charge in [-0.2, -0.15) is 5.43 Å². The zero-order valence-corrected chi connectivity index (χ0v) is 16.0. The molecule has 1 amide bonds. The van der Waals surface area contributed by atoms with E-state index in [-0.39, 0.29) is 11.8 Å². The van der Waals surface area contributed by atoms with Gasteiger partial charge in [-0.1, -0.05) is 6.07 Å². The summed E-state index contributed by atoms with van der Waals surface area (Å²) in [5, 5.41) is 12.2. The summed E-state index contributed by atoms with van der Waals surface area (Å²) < 4.78 is 6.79. The first kappa shape index (κ1) is 16.9. The van der Waals surface area contributed by atoms with Gasteiger partial charge in [0.1, 0.15) is 17.4 Å². The van der Waals surface area contributed by atoms with E-state index in [1.807, 2.05) is 6.07 Å². The van der Waals surface area contributed by atoms with Gasteiger partial charge in [-0.05, 0) is 30.9 Å². The number of carbonyl (C=O) groups is 2. The Morgan fingerprint density at radius 1 is 1.36 bits per heavy atom. The highest BCUT2D eigenvalue weighted by atomic mass is 16.5. The number of aliphatic hydroxyl groups is 1. The number of carbonyl (C=O) groups excluding carboxylic acids is 2. The molecule has 3 fully saturated rings. The normalized spacial score (nSPS) is 42.7. The lowest BCUT2D eigenvalue weighted by Gasteiger charge is -2.63. The minimum atomic E-state index is -1.05. The molecule has 5 aliphatic rings. The fourth-order valence-electron chi connectivity index (χ4n) is 6.74. The van der Waals surface area contributed by atoms with Crippen molar-refractivity contribution in [3.63, 3.8) is 0 Å². The van der Waals surface area contributed by atoms with E-state index in [0.29, 0.717) is 47.6 Å². The number of nitrogens with zero attached hydrogens (tertiary/aromatic N) is 1. The largest absolute Gasteiger partial charge is 0.480 e. The molecule has 28 heavy (non-hydrogen) atoms. The van der Waals surface area contributed by atoms with Crippen LogP contribution in [0, 0.1) is 0 Å². The number of ketones is 1. The predicted molar refractivity (Wildman–Crippen MR) is 99.6 cm³/mol. The molecule has 7 nitrogen and oxygen atoms in total. The third-order valence-corrected chi connectivity index (χ3v) is 8.13. The fraction of sp³-hybridized carbons (Fsp3) is 0.619. The van der Waals surface area contributed by atoms with Gasteiger partial charge in [0.05, 0.1) is 30.6 Å². The monoisotopic (exact) mass is 384 g/mol. The quantitative estimate of drug-likeness (QED) is 0.652. The minimum Gasteiger partial charge on any atom is -0.480 e. The molecule has 1 unspecified atom stereocenters. The van der Waals surface area contributed by atoms with Crippen LogP contribution in [0.15, 0.2) is 12.1 Å². The van der Waals surface area contributed by atoms with Crippen molar-refractivity contribution in [2.24, 2.45) is 5.73 Å². The molecule has 7 heteroatoms. The SMILES string of the molecule is C[N+]1(NC2CC2)CC[C@]23c4c5ccc(C(N)=O)c4O[C@H]2C(=O)CC[C@@]3(O)[C@H]1C5. The molecule has 2 heterocycles. The van der Waals surface area contributed by atoms with E-state index in [4.69, 9.17) is 10.5 Å². The van der Waals surface area contributed by atoms with Crippen LogP contribution in [0.25, 0.3) is 0 Å². The Bertz CT molecular complexity index is 944. The molecular formula is C21H26N3O4+.